The fourth-order valence-corrected chi connectivity index (χ4v) is 4.34. The average Bonchev–Trinajstić information content (AvgIpc) is 3.58. The van der Waals surface area contributed by atoms with Crippen LogP contribution in [0.1, 0.15) is 24.0 Å². The number of methoxy groups -OCH3 is 1. The zero-order valence-corrected chi connectivity index (χ0v) is 25.0. The maximum atomic E-state index is 13.4. The van der Waals surface area contributed by atoms with E-state index in [0.29, 0.717) is 40.6 Å². The molecule has 0 bridgehead atoms. The van der Waals surface area contributed by atoms with E-state index in [-0.39, 0.29) is 18.8 Å². The summed E-state index contributed by atoms with van der Waals surface area (Å²) in [5, 5.41) is 22.6. The second-order valence-corrected chi connectivity index (χ2v) is 10.1. The number of hydrogen-bond donors (Lipinski definition) is 4. The van der Waals surface area contributed by atoms with Crippen LogP contribution in [0, 0.1) is 0 Å². The summed E-state index contributed by atoms with van der Waals surface area (Å²) in [6, 6.07) is 19.6. The third kappa shape index (κ3) is 10.3. The molecule has 232 valence electrons. The van der Waals surface area contributed by atoms with Crippen LogP contribution in [0.5, 0.6) is 0 Å². The number of anilines is 2. The quantitative estimate of drug-likeness (QED) is 0.0983. The van der Waals surface area contributed by atoms with E-state index < -0.39 is 23.9 Å². The predicted octanol–water partition coefficient (Wildman–Crippen LogP) is 3.77. The SMILES string of the molecule is COC(=O)CCCNC(=O)Nc1ccc(NC(=O)[C@H](Cc2ccccc2)NC(=O)/C=C/c2cc(Cl)ccc2-n2cnnn2)cc1. The van der Waals surface area contributed by atoms with Gasteiger partial charge in [0.05, 0.1) is 12.8 Å². The van der Waals surface area contributed by atoms with Crippen molar-refractivity contribution in [1.82, 2.24) is 30.8 Å². The van der Waals surface area contributed by atoms with E-state index in [4.69, 9.17) is 11.6 Å². The fourth-order valence-electron chi connectivity index (χ4n) is 4.16. The third-order valence-corrected chi connectivity index (χ3v) is 6.63. The van der Waals surface area contributed by atoms with E-state index in [9.17, 15) is 19.2 Å². The van der Waals surface area contributed by atoms with Crippen LogP contribution in [0.15, 0.2) is 85.2 Å². The molecule has 13 nitrogen and oxygen atoms in total. The van der Waals surface area contributed by atoms with E-state index in [1.54, 1.807) is 48.5 Å². The van der Waals surface area contributed by atoms with Gasteiger partial charge in [0, 0.05) is 47.4 Å². The van der Waals surface area contributed by atoms with Crippen LogP contribution in [-0.4, -0.2) is 63.7 Å². The predicted molar refractivity (Wildman–Crippen MR) is 169 cm³/mol. The molecule has 1 aromatic heterocycles. The topological polar surface area (TPSA) is 169 Å². The summed E-state index contributed by atoms with van der Waals surface area (Å²) in [6.45, 7) is 0.304. The van der Waals surface area contributed by atoms with Gasteiger partial charge in [0.25, 0.3) is 0 Å². The van der Waals surface area contributed by atoms with Gasteiger partial charge in [0.2, 0.25) is 11.8 Å². The van der Waals surface area contributed by atoms with Crippen molar-refractivity contribution in [2.75, 3.05) is 24.3 Å². The number of benzene rings is 3. The van der Waals surface area contributed by atoms with Crippen LogP contribution < -0.4 is 21.3 Å². The molecule has 0 aliphatic carbocycles. The number of halogens is 1. The summed E-state index contributed by atoms with van der Waals surface area (Å²) in [5.41, 5.74) is 3.03. The van der Waals surface area contributed by atoms with Gasteiger partial charge < -0.3 is 26.0 Å². The number of carbonyl (C=O) groups is 4. The van der Waals surface area contributed by atoms with Gasteiger partial charge in [0.1, 0.15) is 12.4 Å². The van der Waals surface area contributed by atoms with Gasteiger partial charge in [0.15, 0.2) is 0 Å². The number of ether oxygens (including phenoxy) is 1. The van der Waals surface area contributed by atoms with Crippen LogP contribution in [0.4, 0.5) is 16.2 Å². The lowest BCUT2D eigenvalue weighted by molar-refractivity contribution is -0.140. The Balaban J connectivity index is 1.39. The minimum absolute atomic E-state index is 0.206. The van der Waals surface area contributed by atoms with Crippen LogP contribution in [0.25, 0.3) is 11.8 Å². The molecular weight excluding hydrogens is 600 g/mol. The number of esters is 1. The molecule has 45 heavy (non-hydrogen) atoms. The number of amides is 4. The monoisotopic (exact) mass is 630 g/mol. The summed E-state index contributed by atoms with van der Waals surface area (Å²) < 4.78 is 6.02. The molecule has 1 heterocycles. The summed E-state index contributed by atoms with van der Waals surface area (Å²) in [4.78, 5) is 49.7. The van der Waals surface area contributed by atoms with Crippen molar-refractivity contribution < 1.29 is 23.9 Å². The number of aromatic nitrogens is 4. The molecule has 0 fully saturated rings. The molecule has 14 heteroatoms. The first kappa shape index (κ1) is 32.4. The van der Waals surface area contributed by atoms with E-state index in [1.165, 1.54) is 24.2 Å². The summed E-state index contributed by atoms with van der Waals surface area (Å²) in [5.74, 6) is -1.27. The normalized spacial score (nSPS) is 11.4. The molecule has 0 saturated heterocycles. The van der Waals surface area contributed by atoms with Gasteiger partial charge in [-0.2, -0.15) is 4.68 Å². The lowest BCUT2D eigenvalue weighted by Crippen LogP contribution is -2.44. The zero-order valence-electron chi connectivity index (χ0n) is 24.3. The molecule has 0 spiro atoms. The highest BCUT2D eigenvalue weighted by Crippen LogP contribution is 2.20. The number of urea groups is 1. The number of tetrazole rings is 1. The molecular formula is C31H31ClN8O5. The molecule has 0 radical (unpaired) electrons. The Kier molecular flexibility index (Phi) is 11.7. The zero-order chi connectivity index (χ0) is 32.0. The Bertz CT molecular complexity index is 1630. The Morgan fingerprint density at radius 2 is 1.71 bits per heavy atom. The van der Waals surface area contributed by atoms with Crippen LogP contribution in [0.3, 0.4) is 0 Å². The molecule has 4 amide bonds. The number of carbonyl (C=O) groups excluding carboxylic acids is 4. The van der Waals surface area contributed by atoms with Gasteiger partial charge in [-0.25, -0.2) is 4.79 Å². The van der Waals surface area contributed by atoms with Crippen LogP contribution in [0.2, 0.25) is 5.02 Å². The van der Waals surface area contributed by atoms with Crippen molar-refractivity contribution in [3.63, 3.8) is 0 Å². The van der Waals surface area contributed by atoms with Crippen molar-refractivity contribution in [3.8, 4) is 5.69 Å². The Hall–Kier alpha value is -5.56. The third-order valence-electron chi connectivity index (χ3n) is 6.40. The lowest BCUT2D eigenvalue weighted by Gasteiger charge is -2.18. The van der Waals surface area contributed by atoms with Crippen molar-refractivity contribution in [3.05, 3.63) is 101 Å². The number of nitrogens with zero attached hydrogens (tertiary/aromatic N) is 4. The Labute approximate surface area is 264 Å². The number of nitrogens with one attached hydrogen (secondary N) is 4. The van der Waals surface area contributed by atoms with Gasteiger partial charge in [-0.1, -0.05) is 41.9 Å². The highest BCUT2D eigenvalue weighted by atomic mass is 35.5. The van der Waals surface area contributed by atoms with Crippen molar-refractivity contribution >= 4 is 52.9 Å². The molecule has 0 aliphatic heterocycles. The van der Waals surface area contributed by atoms with Gasteiger partial charge in [-0.3, -0.25) is 14.4 Å². The van der Waals surface area contributed by atoms with Crippen molar-refractivity contribution in [2.45, 2.75) is 25.3 Å². The minimum atomic E-state index is -0.906. The number of hydrogen-bond acceptors (Lipinski definition) is 8. The highest BCUT2D eigenvalue weighted by Gasteiger charge is 2.21. The van der Waals surface area contributed by atoms with Crippen LogP contribution in [-0.2, 0) is 25.5 Å². The van der Waals surface area contributed by atoms with Crippen LogP contribution >= 0.6 is 11.6 Å². The van der Waals surface area contributed by atoms with E-state index in [0.717, 1.165) is 5.56 Å². The molecule has 4 aromatic rings. The summed E-state index contributed by atoms with van der Waals surface area (Å²) in [7, 11) is 1.31. The molecule has 3 aromatic carbocycles. The highest BCUT2D eigenvalue weighted by molar-refractivity contribution is 6.30. The molecule has 0 aliphatic rings. The van der Waals surface area contributed by atoms with Crippen molar-refractivity contribution in [2.24, 2.45) is 0 Å². The molecule has 1 atom stereocenters. The van der Waals surface area contributed by atoms with E-state index in [1.807, 2.05) is 30.3 Å². The standard InChI is InChI=1S/C31H31ClN8O5/c1-45-29(42)8-5-17-33-31(44)36-25-13-11-24(12-14-25)35-30(43)26(18-21-6-3-2-4-7-21)37-28(41)16-9-22-19-23(32)10-15-27(22)40-20-34-38-39-40/h2-4,6-7,9-16,19-20,26H,5,8,17-18H2,1H3,(H,35,43)(H,37,41)(H2,33,36,44)/b16-9+/t26-/m0/s1. The first-order chi connectivity index (χ1) is 21.8. The largest absolute Gasteiger partial charge is 0.469 e. The first-order valence-corrected chi connectivity index (χ1v) is 14.3. The lowest BCUT2D eigenvalue weighted by atomic mass is 10.0. The molecule has 4 N–H and O–H groups in total. The van der Waals surface area contributed by atoms with Gasteiger partial charge in [-0.15, -0.1) is 5.10 Å². The average molecular weight is 631 g/mol. The molecule has 0 unspecified atom stereocenters. The number of rotatable bonds is 13. The summed E-state index contributed by atoms with van der Waals surface area (Å²) >= 11 is 6.17. The Morgan fingerprint density at radius 3 is 2.40 bits per heavy atom. The summed E-state index contributed by atoms with van der Waals surface area (Å²) in [6.07, 6.45) is 5.20. The fraction of sp³-hybridized carbons (Fsp3) is 0.194. The van der Waals surface area contributed by atoms with Crippen molar-refractivity contribution in [1.29, 1.82) is 0 Å². The van der Waals surface area contributed by atoms with Gasteiger partial charge in [-0.05, 0) is 71.0 Å². The smallest absolute Gasteiger partial charge is 0.319 e. The van der Waals surface area contributed by atoms with Gasteiger partial charge >= 0.3 is 12.0 Å². The molecule has 4 rings (SSSR count). The maximum absolute atomic E-state index is 13.4. The maximum Gasteiger partial charge on any atom is 0.319 e. The second kappa shape index (κ2) is 16.3. The molecule has 0 saturated carbocycles. The minimum Gasteiger partial charge on any atom is -0.469 e. The van der Waals surface area contributed by atoms with E-state index >= 15 is 0 Å². The first-order valence-electron chi connectivity index (χ1n) is 13.9. The van der Waals surface area contributed by atoms with E-state index in [2.05, 4.69) is 41.5 Å². The Morgan fingerprint density at radius 1 is 0.978 bits per heavy atom. The second-order valence-electron chi connectivity index (χ2n) is 9.67.